The number of anilines is 1. The Bertz CT molecular complexity index is 1080. The molecule has 0 N–H and O–H groups in total. The molecule has 6 nitrogen and oxygen atoms in total. The van der Waals surface area contributed by atoms with Gasteiger partial charge in [0.2, 0.25) is 0 Å². The number of nitrogens with zero attached hydrogens (tertiary/aromatic N) is 2. The van der Waals surface area contributed by atoms with Gasteiger partial charge in [-0.25, -0.2) is 8.42 Å². The number of hydrogen-bond donors (Lipinski definition) is 0. The summed E-state index contributed by atoms with van der Waals surface area (Å²) >= 11 is 1.39. The lowest BCUT2D eigenvalue weighted by molar-refractivity contribution is -0.117. The molecule has 0 spiro atoms. The SMILES string of the molecule is COc1ccccc1CC(=O)N=C1S[C@H]2CS(=O)(=O)C[C@H]2N1c1cccc(C)c1. The summed E-state index contributed by atoms with van der Waals surface area (Å²) in [5.41, 5.74) is 2.71. The van der Waals surface area contributed by atoms with Crippen LogP contribution in [0.2, 0.25) is 0 Å². The van der Waals surface area contributed by atoms with Crippen molar-refractivity contribution in [1.82, 2.24) is 0 Å². The number of thioether (sulfide) groups is 1. The Kier molecular flexibility index (Phi) is 5.40. The molecular weight excluding hydrogens is 408 g/mol. The van der Waals surface area contributed by atoms with Crippen LogP contribution < -0.4 is 9.64 Å². The van der Waals surface area contributed by atoms with Crippen LogP contribution in [0.3, 0.4) is 0 Å². The van der Waals surface area contributed by atoms with Gasteiger partial charge >= 0.3 is 0 Å². The zero-order valence-corrected chi connectivity index (χ0v) is 17.9. The topological polar surface area (TPSA) is 76.0 Å². The second-order valence-corrected chi connectivity index (χ2v) is 10.6. The summed E-state index contributed by atoms with van der Waals surface area (Å²) in [6.07, 6.45) is 0.128. The minimum atomic E-state index is -3.08. The molecule has 2 aromatic carbocycles. The number of benzene rings is 2. The Morgan fingerprint density at radius 1 is 1.21 bits per heavy atom. The smallest absolute Gasteiger partial charge is 0.252 e. The van der Waals surface area contributed by atoms with Gasteiger partial charge in [-0.2, -0.15) is 4.99 Å². The lowest BCUT2D eigenvalue weighted by Crippen LogP contribution is -2.37. The first-order valence-electron chi connectivity index (χ1n) is 9.33. The molecule has 2 fully saturated rings. The van der Waals surface area contributed by atoms with E-state index in [2.05, 4.69) is 4.99 Å². The highest BCUT2D eigenvalue weighted by molar-refractivity contribution is 8.16. The lowest BCUT2D eigenvalue weighted by Gasteiger charge is -2.24. The van der Waals surface area contributed by atoms with Crippen molar-refractivity contribution < 1.29 is 17.9 Å². The third-order valence-electron chi connectivity index (χ3n) is 5.10. The van der Waals surface area contributed by atoms with E-state index in [1.54, 1.807) is 7.11 Å². The molecule has 2 aliphatic rings. The van der Waals surface area contributed by atoms with Gasteiger partial charge in [-0.1, -0.05) is 42.1 Å². The average molecular weight is 431 g/mol. The van der Waals surface area contributed by atoms with Gasteiger partial charge in [0.25, 0.3) is 5.91 Å². The van der Waals surface area contributed by atoms with Crippen LogP contribution in [-0.2, 0) is 21.1 Å². The third-order valence-corrected chi connectivity index (χ3v) is 8.31. The summed E-state index contributed by atoms with van der Waals surface area (Å²) in [5, 5.41) is 0.457. The zero-order chi connectivity index (χ0) is 20.6. The molecular formula is C21H22N2O4S2. The Morgan fingerprint density at radius 2 is 2.00 bits per heavy atom. The molecule has 2 aromatic rings. The molecule has 29 heavy (non-hydrogen) atoms. The van der Waals surface area contributed by atoms with Crippen molar-refractivity contribution in [1.29, 1.82) is 0 Å². The number of fused-ring (bicyclic) bond motifs is 1. The number of carbonyl (C=O) groups is 1. The van der Waals surface area contributed by atoms with Crippen molar-refractivity contribution in [3.05, 3.63) is 59.7 Å². The minimum Gasteiger partial charge on any atom is -0.496 e. The monoisotopic (exact) mass is 430 g/mol. The fraction of sp³-hybridized carbons (Fsp3) is 0.333. The normalized spacial score (nSPS) is 23.9. The molecule has 0 bridgehead atoms. The highest BCUT2D eigenvalue weighted by atomic mass is 32.2. The fourth-order valence-electron chi connectivity index (χ4n) is 3.80. The van der Waals surface area contributed by atoms with Crippen LogP contribution in [0.5, 0.6) is 5.75 Å². The van der Waals surface area contributed by atoms with Gasteiger partial charge in [-0.15, -0.1) is 0 Å². The van der Waals surface area contributed by atoms with E-state index in [-0.39, 0.29) is 35.1 Å². The van der Waals surface area contributed by atoms with Crippen LogP contribution in [0.25, 0.3) is 0 Å². The first-order valence-corrected chi connectivity index (χ1v) is 12.0. The summed E-state index contributed by atoms with van der Waals surface area (Å²) in [5.74, 6) is 0.569. The van der Waals surface area contributed by atoms with Crippen molar-refractivity contribution in [2.45, 2.75) is 24.6 Å². The number of hydrogen-bond acceptors (Lipinski definition) is 5. The van der Waals surface area contributed by atoms with E-state index in [1.165, 1.54) is 11.8 Å². The number of methoxy groups -OCH3 is 1. The Balaban J connectivity index is 1.65. The molecule has 4 rings (SSSR count). The third kappa shape index (κ3) is 4.18. The van der Waals surface area contributed by atoms with Gasteiger partial charge in [0.05, 0.1) is 31.1 Å². The summed E-state index contributed by atoms with van der Waals surface area (Å²) < 4.78 is 29.7. The molecule has 0 aromatic heterocycles. The van der Waals surface area contributed by atoms with E-state index < -0.39 is 9.84 Å². The van der Waals surface area contributed by atoms with Crippen LogP contribution in [0.15, 0.2) is 53.5 Å². The molecule has 1 amide bonds. The maximum atomic E-state index is 12.7. The number of amidine groups is 1. The Hall–Kier alpha value is -2.32. The zero-order valence-electron chi connectivity index (χ0n) is 16.2. The van der Waals surface area contributed by atoms with E-state index in [4.69, 9.17) is 4.74 Å². The van der Waals surface area contributed by atoms with Gasteiger partial charge < -0.3 is 9.64 Å². The summed E-state index contributed by atoms with van der Waals surface area (Å²) in [6, 6.07) is 15.0. The van der Waals surface area contributed by atoms with E-state index in [0.717, 1.165) is 16.8 Å². The molecule has 2 aliphatic heterocycles. The van der Waals surface area contributed by atoms with E-state index >= 15 is 0 Å². The average Bonchev–Trinajstić information content (AvgIpc) is 3.12. The van der Waals surface area contributed by atoms with Crippen LogP contribution in [0, 0.1) is 6.92 Å². The highest BCUT2D eigenvalue weighted by Crippen LogP contribution is 2.41. The Morgan fingerprint density at radius 3 is 2.76 bits per heavy atom. The predicted octanol–water partition coefficient (Wildman–Crippen LogP) is 2.85. The largest absolute Gasteiger partial charge is 0.496 e. The highest BCUT2D eigenvalue weighted by Gasteiger charge is 2.49. The van der Waals surface area contributed by atoms with Crippen molar-refractivity contribution >= 4 is 38.4 Å². The summed E-state index contributed by atoms with van der Waals surface area (Å²) in [7, 11) is -1.51. The van der Waals surface area contributed by atoms with Crippen molar-refractivity contribution in [2.24, 2.45) is 4.99 Å². The van der Waals surface area contributed by atoms with Gasteiger partial charge in [0.1, 0.15) is 5.75 Å². The molecule has 2 heterocycles. The molecule has 0 unspecified atom stereocenters. The molecule has 0 saturated carbocycles. The first-order chi connectivity index (χ1) is 13.9. The number of carbonyl (C=O) groups excluding carboxylic acids is 1. The molecule has 0 aliphatic carbocycles. The molecule has 2 atom stereocenters. The number of amides is 1. The van der Waals surface area contributed by atoms with Crippen LogP contribution in [0.4, 0.5) is 5.69 Å². The number of ether oxygens (including phenoxy) is 1. The summed E-state index contributed by atoms with van der Waals surface area (Å²) in [4.78, 5) is 19.0. The second kappa shape index (κ2) is 7.84. The number of para-hydroxylation sites is 1. The van der Waals surface area contributed by atoms with Crippen LogP contribution in [0.1, 0.15) is 11.1 Å². The molecule has 8 heteroatoms. The van der Waals surface area contributed by atoms with Gasteiger partial charge in [0, 0.05) is 16.5 Å². The quantitative estimate of drug-likeness (QED) is 0.743. The number of aryl methyl sites for hydroxylation is 1. The van der Waals surface area contributed by atoms with Gasteiger partial charge in [-0.3, -0.25) is 4.79 Å². The number of sulfone groups is 1. The predicted molar refractivity (Wildman–Crippen MR) is 117 cm³/mol. The maximum absolute atomic E-state index is 12.7. The van der Waals surface area contributed by atoms with Crippen molar-refractivity contribution in [3.8, 4) is 5.75 Å². The number of rotatable bonds is 4. The molecule has 0 radical (unpaired) electrons. The molecule has 2 saturated heterocycles. The van der Waals surface area contributed by atoms with E-state index in [0.29, 0.717) is 10.9 Å². The lowest BCUT2D eigenvalue weighted by atomic mass is 10.1. The second-order valence-electron chi connectivity index (χ2n) is 7.29. The van der Waals surface area contributed by atoms with Crippen LogP contribution >= 0.6 is 11.8 Å². The van der Waals surface area contributed by atoms with Crippen molar-refractivity contribution in [3.63, 3.8) is 0 Å². The van der Waals surface area contributed by atoms with Gasteiger partial charge in [0.15, 0.2) is 15.0 Å². The minimum absolute atomic E-state index is 0.0817. The van der Waals surface area contributed by atoms with E-state index in [1.807, 2.05) is 60.4 Å². The standard InChI is InChI=1S/C21H22N2O4S2/c1-14-6-5-8-16(10-14)23-17-12-29(25,26)13-19(17)28-21(23)22-20(24)11-15-7-3-4-9-18(15)27-2/h3-10,17,19H,11-13H2,1-2H3/t17-,19+/m1/s1. The fourth-order valence-corrected chi connectivity index (χ4v) is 7.73. The van der Waals surface area contributed by atoms with E-state index in [9.17, 15) is 13.2 Å². The maximum Gasteiger partial charge on any atom is 0.252 e. The Labute approximate surface area is 174 Å². The van der Waals surface area contributed by atoms with Crippen molar-refractivity contribution in [2.75, 3.05) is 23.5 Å². The first kappa shape index (κ1) is 20.0. The summed E-state index contributed by atoms with van der Waals surface area (Å²) in [6.45, 7) is 1.99. The number of aliphatic imine (C=N–C) groups is 1. The molecule has 152 valence electrons. The van der Waals surface area contributed by atoms with Crippen LogP contribution in [-0.4, -0.2) is 49.4 Å². The van der Waals surface area contributed by atoms with Gasteiger partial charge in [-0.05, 0) is 30.7 Å².